The van der Waals surface area contributed by atoms with Crippen molar-refractivity contribution in [3.8, 4) is 0 Å². The highest BCUT2D eigenvalue weighted by molar-refractivity contribution is 7.89. The molecule has 8 nitrogen and oxygen atoms in total. The van der Waals surface area contributed by atoms with Crippen molar-refractivity contribution < 1.29 is 8.42 Å². The number of hydrogen-bond donors (Lipinski definition) is 1. The van der Waals surface area contributed by atoms with Crippen molar-refractivity contribution in [2.45, 2.75) is 37.9 Å². The average Bonchev–Trinajstić information content (AvgIpc) is 3.04. The first-order valence-electron chi connectivity index (χ1n) is 6.36. The highest BCUT2D eigenvalue weighted by atomic mass is 32.2. The smallest absolute Gasteiger partial charge is 0.260 e. The van der Waals surface area contributed by atoms with Gasteiger partial charge in [-0.05, 0) is 13.3 Å². The van der Waals surface area contributed by atoms with Crippen molar-refractivity contribution in [3.63, 3.8) is 0 Å². The predicted octanol–water partition coefficient (Wildman–Crippen LogP) is 0.461. The van der Waals surface area contributed by atoms with Crippen molar-refractivity contribution in [3.05, 3.63) is 24.7 Å². The molecule has 0 aliphatic heterocycles. The van der Waals surface area contributed by atoms with Crippen LogP contribution in [-0.4, -0.2) is 32.7 Å². The minimum Gasteiger partial charge on any atom is -0.339 e. The number of nitrogens with one attached hydrogen (secondary N) is 1. The lowest BCUT2D eigenvalue weighted by Crippen LogP contribution is -2.30. The molecule has 2 heterocycles. The Labute approximate surface area is 117 Å². The molecule has 0 radical (unpaired) electrons. The summed E-state index contributed by atoms with van der Waals surface area (Å²) >= 11 is 0. The van der Waals surface area contributed by atoms with Crippen LogP contribution >= 0.6 is 0 Å². The Bertz CT molecular complexity index is 675. The summed E-state index contributed by atoms with van der Waals surface area (Å²) in [5, 5.41) is 4.06. The Hall–Kier alpha value is -1.74. The van der Waals surface area contributed by atoms with E-state index in [4.69, 9.17) is 0 Å². The Balaban J connectivity index is 2.26. The lowest BCUT2D eigenvalue weighted by atomic mass is 10.2. The molecular formula is C11H18N6O2S. The van der Waals surface area contributed by atoms with Gasteiger partial charge in [0.05, 0.1) is 12.4 Å². The van der Waals surface area contributed by atoms with Gasteiger partial charge >= 0.3 is 0 Å². The number of rotatable bonds is 6. The minimum absolute atomic E-state index is 0.000939. The van der Waals surface area contributed by atoms with Gasteiger partial charge in [-0.25, -0.2) is 23.1 Å². The zero-order valence-corrected chi connectivity index (χ0v) is 12.5. The van der Waals surface area contributed by atoms with Crippen LogP contribution in [0, 0.1) is 0 Å². The summed E-state index contributed by atoms with van der Waals surface area (Å²) < 4.78 is 30.4. The number of imidazole rings is 1. The van der Waals surface area contributed by atoms with E-state index in [9.17, 15) is 8.42 Å². The lowest BCUT2D eigenvalue weighted by molar-refractivity contribution is 0.501. The van der Waals surface area contributed by atoms with Crippen molar-refractivity contribution in [2.75, 3.05) is 0 Å². The standard InChI is InChI=1S/C11H18N6O2S/c1-4-9(11-12-7-14-17(11)5-2)15-20(18,19)10-6-16(3)8-13-10/h6-9,15H,4-5H2,1-3H3. The molecule has 2 rings (SSSR count). The molecule has 2 aromatic heterocycles. The molecule has 0 saturated carbocycles. The summed E-state index contributed by atoms with van der Waals surface area (Å²) in [5.41, 5.74) is 0. The van der Waals surface area contributed by atoms with Crippen LogP contribution in [0.4, 0.5) is 0 Å². The fourth-order valence-corrected chi connectivity index (χ4v) is 3.14. The molecule has 1 atom stereocenters. The molecule has 0 amide bonds. The van der Waals surface area contributed by atoms with E-state index in [1.54, 1.807) is 16.3 Å². The van der Waals surface area contributed by atoms with Crippen molar-refractivity contribution in [2.24, 2.45) is 7.05 Å². The number of sulfonamides is 1. The zero-order chi connectivity index (χ0) is 14.8. The first-order chi connectivity index (χ1) is 9.47. The molecule has 2 aromatic rings. The van der Waals surface area contributed by atoms with Crippen LogP contribution in [0.1, 0.15) is 32.1 Å². The van der Waals surface area contributed by atoms with E-state index in [-0.39, 0.29) is 5.03 Å². The summed E-state index contributed by atoms with van der Waals surface area (Å²) in [6.07, 6.45) is 4.91. The highest BCUT2D eigenvalue weighted by Crippen LogP contribution is 2.17. The molecule has 0 bridgehead atoms. The fourth-order valence-electron chi connectivity index (χ4n) is 1.88. The number of aryl methyl sites for hydroxylation is 2. The van der Waals surface area contributed by atoms with E-state index in [2.05, 4.69) is 19.8 Å². The number of aromatic nitrogens is 5. The average molecular weight is 298 g/mol. The summed E-state index contributed by atoms with van der Waals surface area (Å²) in [7, 11) is -1.95. The zero-order valence-electron chi connectivity index (χ0n) is 11.7. The van der Waals surface area contributed by atoms with Gasteiger partial charge in [-0.2, -0.15) is 9.82 Å². The van der Waals surface area contributed by atoms with Gasteiger partial charge in [0.1, 0.15) is 12.2 Å². The number of nitrogens with zero attached hydrogens (tertiary/aromatic N) is 5. The van der Waals surface area contributed by atoms with Gasteiger partial charge in [-0.15, -0.1) is 0 Å². The normalized spacial score (nSPS) is 13.6. The van der Waals surface area contributed by atoms with Gasteiger partial charge in [0.15, 0.2) is 5.03 Å². The van der Waals surface area contributed by atoms with E-state index < -0.39 is 16.1 Å². The van der Waals surface area contributed by atoms with E-state index in [1.165, 1.54) is 18.9 Å². The Morgan fingerprint density at radius 1 is 1.35 bits per heavy atom. The second kappa shape index (κ2) is 5.71. The Kier molecular flexibility index (Phi) is 4.19. The largest absolute Gasteiger partial charge is 0.339 e. The molecule has 0 fully saturated rings. The van der Waals surface area contributed by atoms with Gasteiger partial charge in [-0.3, -0.25) is 0 Å². The summed E-state index contributed by atoms with van der Waals surface area (Å²) in [5.74, 6) is 0.606. The first-order valence-corrected chi connectivity index (χ1v) is 7.84. The fraction of sp³-hybridized carbons (Fsp3) is 0.545. The van der Waals surface area contributed by atoms with Gasteiger partial charge in [-0.1, -0.05) is 6.92 Å². The maximum absolute atomic E-state index is 12.3. The molecule has 0 spiro atoms. The van der Waals surface area contributed by atoms with Gasteiger partial charge < -0.3 is 4.57 Å². The van der Waals surface area contributed by atoms with Gasteiger partial charge in [0.25, 0.3) is 10.0 Å². The lowest BCUT2D eigenvalue weighted by Gasteiger charge is -2.16. The first kappa shape index (κ1) is 14.7. The Morgan fingerprint density at radius 2 is 2.10 bits per heavy atom. The third-order valence-corrected chi connectivity index (χ3v) is 4.28. The molecule has 0 saturated heterocycles. The van der Waals surface area contributed by atoms with Crippen LogP contribution in [0.2, 0.25) is 0 Å². The maximum Gasteiger partial charge on any atom is 0.260 e. The summed E-state index contributed by atoms with van der Waals surface area (Å²) in [6.45, 7) is 4.45. The second-order valence-electron chi connectivity index (χ2n) is 4.39. The molecule has 0 aromatic carbocycles. The highest BCUT2D eigenvalue weighted by Gasteiger charge is 2.25. The predicted molar refractivity (Wildman–Crippen MR) is 72.3 cm³/mol. The molecule has 1 unspecified atom stereocenters. The molecule has 20 heavy (non-hydrogen) atoms. The summed E-state index contributed by atoms with van der Waals surface area (Å²) in [4.78, 5) is 8.01. The molecule has 1 N–H and O–H groups in total. The van der Waals surface area contributed by atoms with E-state index >= 15 is 0 Å². The summed E-state index contributed by atoms with van der Waals surface area (Å²) in [6, 6.07) is -0.426. The van der Waals surface area contributed by atoms with Crippen LogP contribution in [-0.2, 0) is 23.6 Å². The molecule has 9 heteroatoms. The van der Waals surface area contributed by atoms with Crippen molar-refractivity contribution in [1.29, 1.82) is 0 Å². The third kappa shape index (κ3) is 2.88. The van der Waals surface area contributed by atoms with E-state index in [0.29, 0.717) is 18.8 Å². The maximum atomic E-state index is 12.3. The Morgan fingerprint density at radius 3 is 2.65 bits per heavy atom. The monoisotopic (exact) mass is 298 g/mol. The van der Waals surface area contributed by atoms with Crippen LogP contribution in [0.3, 0.4) is 0 Å². The van der Waals surface area contributed by atoms with E-state index in [0.717, 1.165) is 0 Å². The van der Waals surface area contributed by atoms with Gasteiger partial charge in [0.2, 0.25) is 0 Å². The third-order valence-electron chi connectivity index (χ3n) is 2.92. The SMILES string of the molecule is CCC(NS(=O)(=O)c1cn(C)cn1)c1ncnn1CC. The molecule has 0 aliphatic carbocycles. The van der Waals surface area contributed by atoms with Crippen molar-refractivity contribution >= 4 is 10.0 Å². The van der Waals surface area contributed by atoms with E-state index in [1.807, 2.05) is 13.8 Å². The second-order valence-corrected chi connectivity index (χ2v) is 6.05. The van der Waals surface area contributed by atoms with Crippen LogP contribution in [0.5, 0.6) is 0 Å². The van der Waals surface area contributed by atoms with Crippen LogP contribution in [0.15, 0.2) is 23.9 Å². The van der Waals surface area contributed by atoms with Crippen LogP contribution in [0.25, 0.3) is 0 Å². The molecular weight excluding hydrogens is 280 g/mol. The topological polar surface area (TPSA) is 94.7 Å². The molecule has 0 aliphatic rings. The molecule has 110 valence electrons. The van der Waals surface area contributed by atoms with Gasteiger partial charge in [0, 0.05) is 19.8 Å². The quantitative estimate of drug-likeness (QED) is 0.836. The minimum atomic E-state index is -3.66. The van der Waals surface area contributed by atoms with Crippen LogP contribution < -0.4 is 4.72 Å². The number of hydrogen-bond acceptors (Lipinski definition) is 5. The van der Waals surface area contributed by atoms with Crippen molar-refractivity contribution in [1.82, 2.24) is 29.0 Å².